The molecule has 0 saturated carbocycles. The number of hydrogen-bond acceptors (Lipinski definition) is 7. The number of methoxy groups -OCH3 is 1. The second-order valence-electron chi connectivity index (χ2n) is 8.12. The number of anilines is 1. The van der Waals surface area contributed by atoms with Crippen molar-refractivity contribution in [2.75, 3.05) is 19.0 Å². The molecule has 9 heteroatoms. The molecule has 3 aromatic carbocycles. The molecule has 3 aromatic rings. The largest absolute Gasteiger partial charge is 0.465 e. The molecule has 0 aromatic heterocycles. The molecule has 0 aliphatic carbocycles. The van der Waals surface area contributed by atoms with E-state index in [0.29, 0.717) is 12.1 Å². The van der Waals surface area contributed by atoms with Crippen LogP contribution in [0.2, 0.25) is 0 Å². The zero-order valence-corrected chi connectivity index (χ0v) is 18.5. The molecule has 9 nitrogen and oxygen atoms in total. The van der Waals surface area contributed by atoms with E-state index in [1.54, 1.807) is 29.3 Å². The van der Waals surface area contributed by atoms with Gasteiger partial charge in [0.1, 0.15) is 18.9 Å². The van der Waals surface area contributed by atoms with E-state index < -0.39 is 17.9 Å². The Morgan fingerprint density at radius 2 is 1.85 bits per heavy atom. The zero-order valence-electron chi connectivity index (χ0n) is 18.5. The van der Waals surface area contributed by atoms with Crippen molar-refractivity contribution in [1.29, 1.82) is 0 Å². The summed E-state index contributed by atoms with van der Waals surface area (Å²) < 4.78 is 4.76. The van der Waals surface area contributed by atoms with Crippen LogP contribution in [0.15, 0.2) is 71.8 Å². The van der Waals surface area contributed by atoms with E-state index in [1.807, 2.05) is 18.2 Å². The van der Waals surface area contributed by atoms with Gasteiger partial charge in [0.25, 0.3) is 5.91 Å². The molecule has 0 spiro atoms. The minimum Gasteiger partial charge on any atom is -0.465 e. The van der Waals surface area contributed by atoms with Gasteiger partial charge in [-0.1, -0.05) is 54.6 Å². The van der Waals surface area contributed by atoms with E-state index in [2.05, 4.69) is 40.1 Å². The van der Waals surface area contributed by atoms with Crippen molar-refractivity contribution in [1.82, 2.24) is 15.4 Å². The van der Waals surface area contributed by atoms with E-state index in [9.17, 15) is 14.4 Å². The highest BCUT2D eigenvalue weighted by molar-refractivity contribution is 6.02. The number of rotatable bonds is 5. The van der Waals surface area contributed by atoms with Crippen molar-refractivity contribution in [2.45, 2.75) is 18.5 Å². The number of hydrogen-bond donors (Lipinski definition) is 2. The van der Waals surface area contributed by atoms with Gasteiger partial charge < -0.3 is 10.1 Å². The van der Waals surface area contributed by atoms with Crippen molar-refractivity contribution in [3.8, 4) is 0 Å². The van der Waals surface area contributed by atoms with Gasteiger partial charge in [-0.05, 0) is 34.9 Å². The summed E-state index contributed by atoms with van der Waals surface area (Å²) in [6.45, 7) is -0.270. The maximum Gasteiger partial charge on any atom is 0.339 e. The Morgan fingerprint density at radius 1 is 1.09 bits per heavy atom. The summed E-state index contributed by atoms with van der Waals surface area (Å²) in [6, 6.07) is 20.3. The van der Waals surface area contributed by atoms with E-state index in [4.69, 9.17) is 4.74 Å². The van der Waals surface area contributed by atoms with Crippen LogP contribution in [-0.2, 0) is 14.3 Å². The normalized spacial score (nSPS) is 19.3. The Balaban J connectivity index is 1.28. The van der Waals surface area contributed by atoms with Gasteiger partial charge in [0.2, 0.25) is 5.91 Å². The van der Waals surface area contributed by atoms with Gasteiger partial charge in [0.15, 0.2) is 0 Å². The first-order chi connectivity index (χ1) is 16.5. The number of fused-ring (bicyclic) bond motifs is 2. The number of carbonyl (C=O) groups excluding carboxylic acids is 3. The van der Waals surface area contributed by atoms with Crippen molar-refractivity contribution in [2.24, 2.45) is 5.10 Å². The first kappa shape index (κ1) is 21.6. The molecule has 2 aliphatic rings. The molecule has 2 heterocycles. The molecule has 2 atom stereocenters. The van der Waals surface area contributed by atoms with Gasteiger partial charge in [0.05, 0.1) is 24.4 Å². The molecule has 0 radical (unpaired) electrons. The van der Waals surface area contributed by atoms with E-state index >= 15 is 0 Å². The molecule has 2 amide bonds. The first-order valence-electron chi connectivity index (χ1n) is 10.9. The summed E-state index contributed by atoms with van der Waals surface area (Å²) in [5.41, 5.74) is 5.01. The number of benzene rings is 3. The second kappa shape index (κ2) is 8.95. The smallest absolute Gasteiger partial charge is 0.339 e. The standard InChI is InChI=1S/C25H23N5O4/c1-34-25(33)19-10-4-5-12-20(19)27-23(31)14-29-24(32)22-13-21(28-30(22)15-26-29)18-11-6-8-16-7-2-3-9-17(16)18/h2-12,15,21-22,28H,13-14H2,1H3,(H,27,31). The Kier molecular flexibility index (Phi) is 5.69. The molecule has 34 heavy (non-hydrogen) atoms. The number of nitrogens with zero attached hydrogens (tertiary/aromatic N) is 3. The van der Waals surface area contributed by atoms with Gasteiger partial charge in [-0.3, -0.25) is 14.6 Å². The molecule has 0 bridgehead atoms. The number of hydrazone groups is 1. The number of amides is 2. The minimum absolute atomic E-state index is 0.0628. The van der Waals surface area contributed by atoms with Crippen molar-refractivity contribution in [3.05, 3.63) is 77.9 Å². The second-order valence-corrected chi connectivity index (χ2v) is 8.12. The molecule has 2 aliphatic heterocycles. The summed E-state index contributed by atoms with van der Waals surface area (Å²) in [5.74, 6) is -1.30. The molecule has 172 valence electrons. The molecular formula is C25H23N5O4. The summed E-state index contributed by atoms with van der Waals surface area (Å²) in [5, 5.41) is 12.0. The van der Waals surface area contributed by atoms with E-state index in [1.165, 1.54) is 13.4 Å². The lowest BCUT2D eigenvalue weighted by molar-refractivity contribution is -0.139. The maximum atomic E-state index is 13.1. The van der Waals surface area contributed by atoms with Crippen LogP contribution in [0.4, 0.5) is 5.69 Å². The predicted octanol–water partition coefficient (Wildman–Crippen LogP) is 2.67. The van der Waals surface area contributed by atoms with Crippen LogP contribution in [0, 0.1) is 0 Å². The van der Waals surface area contributed by atoms with Crippen molar-refractivity contribution >= 4 is 40.6 Å². The Bertz CT molecular complexity index is 1300. The van der Waals surface area contributed by atoms with Gasteiger partial charge in [-0.2, -0.15) is 5.10 Å². The molecule has 5 rings (SSSR count). The van der Waals surface area contributed by atoms with Crippen LogP contribution in [-0.4, -0.2) is 53.8 Å². The average molecular weight is 457 g/mol. The third kappa shape index (κ3) is 3.97. The SMILES string of the molecule is COC(=O)c1ccccc1NC(=O)CN1N=CN2NC(c3cccc4ccccc34)CC2C1=O. The summed E-state index contributed by atoms with van der Waals surface area (Å²) in [4.78, 5) is 37.7. The molecule has 2 N–H and O–H groups in total. The van der Waals surface area contributed by atoms with E-state index in [0.717, 1.165) is 21.3 Å². The maximum absolute atomic E-state index is 13.1. The number of nitrogens with one attached hydrogen (secondary N) is 2. The summed E-state index contributed by atoms with van der Waals surface area (Å²) in [6.07, 6.45) is 2.08. The summed E-state index contributed by atoms with van der Waals surface area (Å²) >= 11 is 0. The van der Waals surface area contributed by atoms with Crippen LogP contribution in [0.5, 0.6) is 0 Å². The fraction of sp³-hybridized carbons (Fsp3) is 0.200. The van der Waals surface area contributed by atoms with Crippen molar-refractivity contribution in [3.63, 3.8) is 0 Å². The summed E-state index contributed by atoms with van der Waals surface area (Å²) in [7, 11) is 1.27. The minimum atomic E-state index is -0.560. The number of para-hydroxylation sites is 1. The van der Waals surface area contributed by atoms with Crippen LogP contribution >= 0.6 is 0 Å². The van der Waals surface area contributed by atoms with Crippen molar-refractivity contribution < 1.29 is 19.1 Å². The van der Waals surface area contributed by atoms with Gasteiger partial charge >= 0.3 is 5.97 Å². The lowest BCUT2D eigenvalue weighted by atomic mass is 9.96. The van der Waals surface area contributed by atoms with Crippen LogP contribution in [0.25, 0.3) is 10.8 Å². The van der Waals surface area contributed by atoms with Crippen LogP contribution in [0.1, 0.15) is 28.4 Å². The Hall–Kier alpha value is -4.24. The highest BCUT2D eigenvalue weighted by Gasteiger charge is 2.41. The van der Waals surface area contributed by atoms with E-state index in [-0.39, 0.29) is 24.1 Å². The fourth-order valence-corrected chi connectivity index (χ4v) is 4.42. The van der Waals surface area contributed by atoms with Gasteiger partial charge in [-0.25, -0.2) is 15.2 Å². The fourth-order valence-electron chi connectivity index (χ4n) is 4.42. The lowest BCUT2D eigenvalue weighted by Gasteiger charge is -2.29. The highest BCUT2D eigenvalue weighted by atomic mass is 16.5. The Morgan fingerprint density at radius 3 is 2.71 bits per heavy atom. The third-order valence-electron chi connectivity index (χ3n) is 6.05. The number of carbonyl (C=O) groups is 3. The Labute approximate surface area is 195 Å². The molecular weight excluding hydrogens is 434 g/mol. The first-order valence-corrected chi connectivity index (χ1v) is 10.9. The number of hydrazine groups is 1. The zero-order chi connectivity index (χ0) is 23.7. The third-order valence-corrected chi connectivity index (χ3v) is 6.05. The highest BCUT2D eigenvalue weighted by Crippen LogP contribution is 2.33. The topological polar surface area (TPSA) is 103 Å². The quantitative estimate of drug-likeness (QED) is 0.571. The molecule has 1 saturated heterocycles. The predicted molar refractivity (Wildman–Crippen MR) is 127 cm³/mol. The average Bonchev–Trinajstić information content (AvgIpc) is 3.30. The number of ether oxygens (including phenoxy) is 1. The van der Waals surface area contributed by atoms with Crippen LogP contribution < -0.4 is 10.7 Å². The van der Waals surface area contributed by atoms with Crippen LogP contribution in [0.3, 0.4) is 0 Å². The number of esters is 1. The van der Waals surface area contributed by atoms with Gasteiger partial charge in [-0.15, -0.1) is 0 Å². The monoisotopic (exact) mass is 457 g/mol. The molecule has 2 unspecified atom stereocenters. The lowest BCUT2D eigenvalue weighted by Crippen LogP contribution is -2.52. The van der Waals surface area contributed by atoms with Gasteiger partial charge in [0, 0.05) is 0 Å². The molecule has 1 fully saturated rings.